The van der Waals surface area contributed by atoms with Crippen LogP contribution in [0.2, 0.25) is 0 Å². The van der Waals surface area contributed by atoms with Crippen molar-refractivity contribution in [3.05, 3.63) is 0 Å². The smallest absolute Gasteiger partial charge is 0.248 e. The maximum atomic E-state index is 12.9. The van der Waals surface area contributed by atoms with Gasteiger partial charge in [0.1, 0.15) is 5.54 Å². The summed E-state index contributed by atoms with van der Waals surface area (Å²) < 4.78 is 0. The third-order valence-electron chi connectivity index (χ3n) is 4.65. The Bertz CT molecular complexity index is 391. The normalized spacial score (nSPS) is 36.9. The van der Waals surface area contributed by atoms with E-state index < -0.39 is 5.54 Å². The summed E-state index contributed by atoms with van der Waals surface area (Å²) in [6, 6.07) is 0.331. The lowest BCUT2D eigenvalue weighted by Gasteiger charge is -2.38. The van der Waals surface area contributed by atoms with Crippen LogP contribution >= 0.6 is 11.8 Å². The molecule has 3 rings (SSSR count). The maximum Gasteiger partial charge on any atom is 0.248 e. The molecule has 3 aliphatic rings. The third kappa shape index (κ3) is 2.49. The number of amides is 2. The second-order valence-corrected chi connectivity index (χ2v) is 7.29. The minimum atomic E-state index is -0.643. The van der Waals surface area contributed by atoms with Crippen LogP contribution in [0.5, 0.6) is 0 Å². The molecule has 0 aromatic heterocycles. The van der Waals surface area contributed by atoms with Crippen LogP contribution in [0.1, 0.15) is 39.0 Å². The van der Waals surface area contributed by atoms with Crippen LogP contribution < -0.4 is 5.32 Å². The van der Waals surface area contributed by atoms with E-state index >= 15 is 0 Å². The topological polar surface area (TPSA) is 49.4 Å². The van der Waals surface area contributed by atoms with Crippen molar-refractivity contribution in [3.8, 4) is 0 Å². The van der Waals surface area contributed by atoms with Gasteiger partial charge in [-0.15, -0.1) is 0 Å². The number of nitrogens with one attached hydrogen (secondary N) is 1. The van der Waals surface area contributed by atoms with Crippen LogP contribution in [0.15, 0.2) is 0 Å². The van der Waals surface area contributed by atoms with Crippen molar-refractivity contribution in [2.75, 3.05) is 18.1 Å². The molecular weight excluding hydrogens is 260 g/mol. The molecule has 0 aromatic rings. The Balaban J connectivity index is 1.82. The molecule has 19 heavy (non-hydrogen) atoms. The molecule has 4 nitrogen and oxygen atoms in total. The first-order valence-corrected chi connectivity index (χ1v) is 8.46. The van der Waals surface area contributed by atoms with E-state index in [0.29, 0.717) is 24.9 Å². The van der Waals surface area contributed by atoms with Crippen molar-refractivity contribution < 1.29 is 9.59 Å². The molecule has 0 radical (unpaired) electrons. The number of carbonyl (C=O) groups excluding carboxylic acids is 2. The van der Waals surface area contributed by atoms with E-state index in [4.69, 9.17) is 0 Å². The third-order valence-corrected chi connectivity index (χ3v) is 5.85. The highest BCUT2D eigenvalue weighted by atomic mass is 32.2. The summed E-state index contributed by atoms with van der Waals surface area (Å²) in [6.45, 7) is 2.53. The summed E-state index contributed by atoms with van der Waals surface area (Å²) >= 11 is 1.93. The van der Waals surface area contributed by atoms with Gasteiger partial charge >= 0.3 is 0 Å². The number of hydrogen-bond acceptors (Lipinski definition) is 3. The molecule has 1 saturated carbocycles. The van der Waals surface area contributed by atoms with Gasteiger partial charge in [-0.2, -0.15) is 11.8 Å². The van der Waals surface area contributed by atoms with Crippen molar-refractivity contribution in [2.24, 2.45) is 5.92 Å². The van der Waals surface area contributed by atoms with Gasteiger partial charge in [0.25, 0.3) is 0 Å². The molecule has 1 N–H and O–H groups in total. The fraction of sp³-hybridized carbons (Fsp3) is 0.857. The monoisotopic (exact) mass is 282 g/mol. The molecule has 0 aromatic carbocycles. The Morgan fingerprint density at radius 1 is 1.32 bits per heavy atom. The zero-order chi connectivity index (χ0) is 13.5. The summed E-state index contributed by atoms with van der Waals surface area (Å²) in [4.78, 5) is 26.8. The van der Waals surface area contributed by atoms with Gasteiger partial charge in [0.2, 0.25) is 11.8 Å². The van der Waals surface area contributed by atoms with E-state index in [1.165, 1.54) is 12.2 Å². The van der Waals surface area contributed by atoms with Crippen molar-refractivity contribution in [1.82, 2.24) is 10.2 Å². The highest BCUT2D eigenvalue weighted by molar-refractivity contribution is 7.99. The molecule has 2 heterocycles. The average molecular weight is 282 g/mol. The fourth-order valence-corrected chi connectivity index (χ4v) is 4.44. The van der Waals surface area contributed by atoms with E-state index in [1.54, 1.807) is 0 Å². The van der Waals surface area contributed by atoms with E-state index in [2.05, 4.69) is 5.32 Å². The van der Waals surface area contributed by atoms with E-state index in [9.17, 15) is 9.59 Å². The van der Waals surface area contributed by atoms with Crippen molar-refractivity contribution in [2.45, 2.75) is 50.6 Å². The number of nitrogens with zero attached hydrogens (tertiary/aromatic N) is 1. The summed E-state index contributed by atoms with van der Waals surface area (Å²) in [5, 5.41) is 3.00. The minimum Gasteiger partial charge on any atom is -0.342 e. The number of carbonyl (C=O) groups is 2. The summed E-state index contributed by atoms with van der Waals surface area (Å²) in [5.74, 6) is 2.78. The van der Waals surface area contributed by atoms with Gasteiger partial charge in [-0.1, -0.05) is 0 Å². The Kier molecular flexibility index (Phi) is 3.50. The Labute approximate surface area is 118 Å². The van der Waals surface area contributed by atoms with Crippen LogP contribution in [0, 0.1) is 5.92 Å². The van der Waals surface area contributed by atoms with Crippen molar-refractivity contribution in [3.63, 3.8) is 0 Å². The molecule has 0 bridgehead atoms. The molecule has 0 spiro atoms. The highest BCUT2D eigenvalue weighted by Gasteiger charge is 2.52. The fourth-order valence-electron chi connectivity index (χ4n) is 3.28. The van der Waals surface area contributed by atoms with Gasteiger partial charge in [-0.25, -0.2) is 0 Å². The van der Waals surface area contributed by atoms with Crippen LogP contribution in [-0.4, -0.2) is 46.3 Å². The zero-order valence-corrected chi connectivity index (χ0v) is 12.3. The van der Waals surface area contributed by atoms with Crippen LogP contribution in [-0.2, 0) is 9.59 Å². The first-order chi connectivity index (χ1) is 9.11. The lowest BCUT2D eigenvalue weighted by atomic mass is 9.93. The molecule has 5 heteroatoms. The number of hydrogen-bond donors (Lipinski definition) is 1. The molecule has 106 valence electrons. The highest BCUT2D eigenvalue weighted by Crippen LogP contribution is 2.42. The Morgan fingerprint density at radius 3 is 2.74 bits per heavy atom. The zero-order valence-electron chi connectivity index (χ0n) is 11.5. The molecule has 1 aliphatic carbocycles. The molecule has 2 amide bonds. The molecule has 2 aliphatic heterocycles. The predicted molar refractivity (Wildman–Crippen MR) is 75.9 cm³/mol. The van der Waals surface area contributed by atoms with Gasteiger partial charge < -0.3 is 10.2 Å². The van der Waals surface area contributed by atoms with Crippen molar-refractivity contribution in [1.29, 1.82) is 0 Å². The summed E-state index contributed by atoms with van der Waals surface area (Å²) in [5.41, 5.74) is -0.643. The molecule has 2 saturated heterocycles. The molecular formula is C14H22N2O2S. The van der Waals surface area contributed by atoms with Gasteiger partial charge in [0, 0.05) is 24.8 Å². The van der Waals surface area contributed by atoms with E-state index in [-0.39, 0.29) is 11.8 Å². The summed E-state index contributed by atoms with van der Waals surface area (Å²) in [7, 11) is 0. The lowest BCUT2D eigenvalue weighted by Crippen LogP contribution is -2.59. The van der Waals surface area contributed by atoms with Crippen LogP contribution in [0.25, 0.3) is 0 Å². The predicted octanol–water partition coefficient (Wildman–Crippen LogP) is 1.40. The second-order valence-electron chi connectivity index (χ2n) is 6.14. The largest absolute Gasteiger partial charge is 0.342 e. The van der Waals surface area contributed by atoms with Crippen molar-refractivity contribution >= 4 is 23.6 Å². The first-order valence-electron chi connectivity index (χ1n) is 7.31. The standard InChI is InChI=1S/C14H22N2O2S/c1-14(10-4-5-10)13(18)16(7-6-12(17)15-14)11-3-2-8-19-9-11/h10-11H,2-9H2,1H3,(H,15,17). The Morgan fingerprint density at radius 2 is 2.11 bits per heavy atom. The lowest BCUT2D eigenvalue weighted by molar-refractivity contribution is -0.140. The first kappa shape index (κ1) is 13.3. The van der Waals surface area contributed by atoms with Gasteiger partial charge in [0.05, 0.1) is 0 Å². The minimum absolute atomic E-state index is 0.0358. The SMILES string of the molecule is CC1(C2CC2)NC(=O)CCN(C2CCCSC2)C1=O. The van der Waals surface area contributed by atoms with Gasteiger partial charge in [-0.05, 0) is 44.3 Å². The number of rotatable bonds is 2. The van der Waals surface area contributed by atoms with Crippen LogP contribution in [0.3, 0.4) is 0 Å². The Hall–Kier alpha value is -0.710. The number of thioether (sulfide) groups is 1. The quantitative estimate of drug-likeness (QED) is 0.833. The molecule has 2 atom stereocenters. The summed E-state index contributed by atoms with van der Waals surface area (Å²) in [6.07, 6.45) is 4.86. The molecule has 2 unspecified atom stereocenters. The van der Waals surface area contributed by atoms with E-state index in [1.807, 2.05) is 23.6 Å². The van der Waals surface area contributed by atoms with Crippen LogP contribution in [0.4, 0.5) is 0 Å². The maximum absolute atomic E-state index is 12.9. The average Bonchev–Trinajstić information content (AvgIpc) is 3.23. The second kappa shape index (κ2) is 5.00. The van der Waals surface area contributed by atoms with Gasteiger partial charge in [0.15, 0.2) is 0 Å². The molecule has 3 fully saturated rings. The van der Waals surface area contributed by atoms with E-state index in [0.717, 1.165) is 25.0 Å². The van der Waals surface area contributed by atoms with Gasteiger partial charge in [-0.3, -0.25) is 9.59 Å².